The predicted molar refractivity (Wildman–Crippen MR) is 321 cm³/mol. The third-order valence-electron chi connectivity index (χ3n) is 16.8. The fraction of sp³-hybridized carbons (Fsp3) is 0.176. The Bertz CT molecular complexity index is 4500. The molecule has 13 aromatic rings. The minimum absolute atomic E-state index is 0.0466. The Balaban J connectivity index is 1.02. The lowest BCUT2D eigenvalue weighted by Crippen LogP contribution is -2.37. The second kappa shape index (κ2) is 15.6. The number of aromatic nitrogens is 1. The number of fused-ring (bicyclic) bond motifs is 13. The number of hydrogen-bond acceptors (Lipinski definition) is 4. The van der Waals surface area contributed by atoms with Crippen LogP contribution in [0.15, 0.2) is 174 Å². The highest BCUT2D eigenvalue weighted by Crippen LogP contribution is 2.51. The maximum atomic E-state index is 6.98. The fourth-order valence-corrected chi connectivity index (χ4v) is 15.1. The average Bonchev–Trinajstić information content (AvgIpc) is 4.15. The summed E-state index contributed by atoms with van der Waals surface area (Å²) < 4.78 is 13.5. The highest BCUT2D eigenvalue weighted by Gasteiger charge is 2.38. The van der Waals surface area contributed by atoms with Crippen LogP contribution in [0.5, 0.6) is 0 Å². The van der Waals surface area contributed by atoms with Crippen LogP contribution < -0.4 is 16.2 Å². The van der Waals surface area contributed by atoms with E-state index < -0.39 is 0 Å². The Labute approximate surface area is 440 Å². The van der Waals surface area contributed by atoms with Gasteiger partial charge in [-0.3, -0.25) is 0 Å². The van der Waals surface area contributed by atoms with Crippen molar-refractivity contribution >= 4 is 126 Å². The van der Waals surface area contributed by atoms with Gasteiger partial charge in [0.2, 0.25) is 0 Å². The van der Waals surface area contributed by atoms with Crippen molar-refractivity contribution in [2.75, 3.05) is 5.32 Å². The zero-order chi connectivity index (χ0) is 50.0. The van der Waals surface area contributed by atoms with Gasteiger partial charge in [0.05, 0.1) is 11.2 Å². The molecule has 74 heavy (non-hydrogen) atoms. The van der Waals surface area contributed by atoms with E-state index in [1.165, 1.54) is 118 Å². The predicted octanol–water partition coefficient (Wildman–Crippen LogP) is 18.6. The molecule has 3 nitrogen and oxygen atoms in total. The summed E-state index contributed by atoms with van der Waals surface area (Å²) in [5.74, 6) is 0. The number of thiophene rings is 2. The number of hydrogen-bond donors (Lipinski definition) is 1. The summed E-state index contributed by atoms with van der Waals surface area (Å²) in [4.78, 5) is 1.29. The molecule has 0 spiro atoms. The molecule has 0 saturated carbocycles. The molecule has 4 aromatic heterocycles. The Kier molecular flexibility index (Phi) is 9.29. The lowest BCUT2D eigenvalue weighted by molar-refractivity contribution is 0.332. The molecule has 1 aliphatic carbocycles. The minimum Gasteiger partial charge on any atom is -0.456 e. The van der Waals surface area contributed by atoms with Gasteiger partial charge in [0, 0.05) is 90.8 Å². The molecule has 1 aliphatic heterocycles. The third-order valence-corrected chi connectivity index (χ3v) is 19.2. The van der Waals surface area contributed by atoms with Crippen LogP contribution in [0.4, 0.5) is 11.4 Å². The molecular formula is C68H54BN2OS2. The van der Waals surface area contributed by atoms with E-state index in [1.807, 2.05) is 22.7 Å². The first-order valence-corrected chi connectivity index (χ1v) is 27.8. The summed E-state index contributed by atoms with van der Waals surface area (Å²) in [6.45, 7) is 16.5. The van der Waals surface area contributed by atoms with Crippen LogP contribution in [-0.4, -0.2) is 11.8 Å². The van der Waals surface area contributed by atoms with Crippen LogP contribution in [0.25, 0.3) is 112 Å². The lowest BCUT2D eigenvalue weighted by atomic mass is 9.59. The third kappa shape index (κ3) is 6.56. The molecule has 9 aromatic carbocycles. The number of anilines is 2. The van der Waals surface area contributed by atoms with Crippen LogP contribution in [0.3, 0.4) is 0 Å². The molecule has 1 N–H and O–H groups in total. The van der Waals surface area contributed by atoms with Gasteiger partial charge in [-0.2, -0.15) is 0 Å². The zero-order valence-electron chi connectivity index (χ0n) is 42.8. The summed E-state index contributed by atoms with van der Waals surface area (Å²) in [5.41, 5.74) is 20.5. The first kappa shape index (κ1) is 44.1. The van der Waals surface area contributed by atoms with Gasteiger partial charge in [0.15, 0.2) is 7.28 Å². The molecular weight excluding hydrogens is 936 g/mol. The van der Waals surface area contributed by atoms with Gasteiger partial charge in [0.1, 0.15) is 11.2 Å². The van der Waals surface area contributed by atoms with E-state index in [0.717, 1.165) is 46.3 Å². The van der Waals surface area contributed by atoms with Crippen molar-refractivity contribution in [3.05, 3.63) is 187 Å². The van der Waals surface area contributed by atoms with Crippen molar-refractivity contribution < 1.29 is 4.42 Å². The van der Waals surface area contributed by atoms with Crippen molar-refractivity contribution in [1.82, 2.24) is 4.57 Å². The normalized spacial score (nSPS) is 14.9. The number of benzene rings is 9. The number of nitrogens with one attached hydrogen (secondary N) is 1. The molecule has 0 fully saturated rings. The molecule has 0 amide bonds. The van der Waals surface area contributed by atoms with Crippen molar-refractivity contribution in [3.8, 4) is 38.4 Å². The van der Waals surface area contributed by atoms with Gasteiger partial charge >= 0.3 is 0 Å². The number of nitrogens with zero attached hydrogens (tertiary/aromatic N) is 1. The van der Waals surface area contributed by atoms with E-state index in [4.69, 9.17) is 4.42 Å². The largest absolute Gasteiger partial charge is 0.456 e. The van der Waals surface area contributed by atoms with Crippen LogP contribution >= 0.6 is 22.7 Å². The van der Waals surface area contributed by atoms with Crippen LogP contribution in [0.2, 0.25) is 0 Å². The summed E-state index contributed by atoms with van der Waals surface area (Å²) in [7, 11) is 2.49. The Morgan fingerprint density at radius 1 is 0.541 bits per heavy atom. The van der Waals surface area contributed by atoms with Crippen LogP contribution in [0, 0.1) is 0 Å². The molecule has 6 heteroatoms. The molecule has 15 rings (SSSR count). The monoisotopic (exact) mass is 989 g/mol. The molecule has 0 bridgehead atoms. The quantitative estimate of drug-likeness (QED) is 0.174. The van der Waals surface area contributed by atoms with E-state index in [-0.39, 0.29) is 16.2 Å². The van der Waals surface area contributed by atoms with Crippen LogP contribution in [0.1, 0.15) is 78.0 Å². The topological polar surface area (TPSA) is 30.1 Å². The van der Waals surface area contributed by atoms with Crippen molar-refractivity contribution in [3.63, 3.8) is 0 Å². The van der Waals surface area contributed by atoms with E-state index in [9.17, 15) is 0 Å². The van der Waals surface area contributed by atoms with Gasteiger partial charge in [-0.15, -0.1) is 22.7 Å². The van der Waals surface area contributed by atoms with Crippen molar-refractivity contribution in [2.24, 2.45) is 0 Å². The van der Waals surface area contributed by atoms with Crippen molar-refractivity contribution in [2.45, 2.75) is 77.6 Å². The summed E-state index contributed by atoms with van der Waals surface area (Å²) in [5, 5.41) is 12.7. The first-order chi connectivity index (χ1) is 35.8. The molecule has 0 saturated heterocycles. The van der Waals surface area contributed by atoms with E-state index in [1.54, 1.807) is 0 Å². The standard InChI is InChI=1S/C68H54BN2OS2/c1-66(2,3)40-22-24-41(25-23-40)70-54-36-58-47(48-32-51-52(34-57(48)72-58)68(6,7)29-28-67(51,4)5)30-45(54)43-26-27-44-46-31-49-42-20-14-15-21-59(42)73-61(49)37-55(46)71-56-33-50-60(35-53(56)69-63(43)64(44)71)74-65(39-18-12-9-13-19-39)62(50)38-16-10-8-11-17-38/h8-27,30-37,70H,28-29H2,1-7H3. The van der Waals surface area contributed by atoms with Crippen molar-refractivity contribution in [1.29, 1.82) is 0 Å². The maximum Gasteiger partial charge on any atom is 0.197 e. The molecule has 2 aliphatic rings. The molecule has 0 unspecified atom stereocenters. The Morgan fingerprint density at radius 3 is 1.97 bits per heavy atom. The van der Waals surface area contributed by atoms with E-state index >= 15 is 0 Å². The van der Waals surface area contributed by atoms with Gasteiger partial charge in [-0.05, 0) is 129 Å². The smallest absolute Gasteiger partial charge is 0.197 e. The zero-order valence-corrected chi connectivity index (χ0v) is 44.5. The second-order valence-corrected chi connectivity index (χ2v) is 25.6. The minimum atomic E-state index is 0.0466. The highest BCUT2D eigenvalue weighted by atomic mass is 32.1. The lowest BCUT2D eigenvalue weighted by Gasteiger charge is -2.41. The Morgan fingerprint density at radius 2 is 1.22 bits per heavy atom. The highest BCUT2D eigenvalue weighted by molar-refractivity contribution is 7.26. The second-order valence-electron chi connectivity index (χ2n) is 23.4. The van der Waals surface area contributed by atoms with Gasteiger partial charge in [-0.1, -0.05) is 157 Å². The summed E-state index contributed by atoms with van der Waals surface area (Å²) >= 11 is 3.79. The van der Waals surface area contributed by atoms with Gasteiger partial charge in [0.25, 0.3) is 0 Å². The number of rotatable bonds is 5. The first-order valence-electron chi connectivity index (χ1n) is 26.2. The average molecular weight is 990 g/mol. The molecule has 5 heterocycles. The van der Waals surface area contributed by atoms with E-state index in [2.05, 4.69) is 235 Å². The molecule has 1 radical (unpaired) electrons. The van der Waals surface area contributed by atoms with Gasteiger partial charge < -0.3 is 14.3 Å². The molecule has 357 valence electrons. The number of furan rings is 1. The Hall–Kier alpha value is -7.38. The maximum absolute atomic E-state index is 6.98. The van der Waals surface area contributed by atoms with Gasteiger partial charge in [-0.25, -0.2) is 0 Å². The fourth-order valence-electron chi connectivity index (χ4n) is 12.7. The van der Waals surface area contributed by atoms with Crippen LogP contribution in [-0.2, 0) is 16.2 Å². The molecule has 0 atom stereocenters. The SMILES string of the molecule is CC(C)(C)c1ccc(Nc2cc3oc4cc5c(cc4c3cc2-c2ccc3c4cc6c(cc4n4c3c2[B]c2cc3sc(-c7ccccc7)c(-c7ccccc7)c3cc2-4)sc2ccccc26)C(C)(C)CCC5(C)C)cc1. The van der Waals surface area contributed by atoms with E-state index in [0.29, 0.717) is 0 Å². The summed E-state index contributed by atoms with van der Waals surface area (Å²) in [6.07, 6.45) is 2.31. The summed E-state index contributed by atoms with van der Waals surface area (Å²) in [6, 6.07) is 64.1.